The van der Waals surface area contributed by atoms with Gasteiger partial charge in [-0.05, 0) is 31.9 Å². The summed E-state index contributed by atoms with van der Waals surface area (Å²) >= 11 is 0. The second-order valence-electron chi connectivity index (χ2n) is 5.05. The van der Waals surface area contributed by atoms with Crippen molar-refractivity contribution in [3.05, 3.63) is 18.3 Å². The summed E-state index contributed by atoms with van der Waals surface area (Å²) in [5.74, 6) is 1.59. The van der Waals surface area contributed by atoms with Crippen molar-refractivity contribution in [3.63, 3.8) is 0 Å². The maximum atomic E-state index is 10.4. The molecule has 1 aromatic heterocycles. The van der Waals surface area contributed by atoms with E-state index in [9.17, 15) is 5.11 Å². The van der Waals surface area contributed by atoms with Gasteiger partial charge in [-0.2, -0.15) is 0 Å². The largest absolute Gasteiger partial charge is 0.490 e. The molecule has 0 spiro atoms. The molecule has 1 aromatic rings. The second kappa shape index (κ2) is 5.57. The van der Waals surface area contributed by atoms with E-state index in [0.717, 1.165) is 37.3 Å². The first-order valence-corrected chi connectivity index (χ1v) is 6.66. The third-order valence-corrected chi connectivity index (χ3v) is 3.48. The summed E-state index contributed by atoms with van der Waals surface area (Å²) in [7, 11) is 1.96. The van der Waals surface area contributed by atoms with E-state index in [-0.39, 0.29) is 0 Å². The van der Waals surface area contributed by atoms with Crippen LogP contribution in [0.4, 0.5) is 5.82 Å². The molecule has 4 heteroatoms. The fourth-order valence-corrected chi connectivity index (χ4v) is 2.64. The van der Waals surface area contributed by atoms with Crippen LogP contribution in [-0.2, 0) is 0 Å². The first kappa shape index (κ1) is 13.1. The van der Waals surface area contributed by atoms with Gasteiger partial charge in [0.2, 0.25) is 0 Å². The van der Waals surface area contributed by atoms with Gasteiger partial charge in [0.05, 0.1) is 12.2 Å². The van der Waals surface area contributed by atoms with Crippen LogP contribution in [0, 0.1) is 0 Å². The van der Waals surface area contributed by atoms with Gasteiger partial charge < -0.3 is 14.7 Å². The van der Waals surface area contributed by atoms with E-state index in [2.05, 4.69) is 4.98 Å². The summed E-state index contributed by atoms with van der Waals surface area (Å²) in [5.41, 5.74) is -0.560. The number of ether oxygens (including phenoxy) is 1. The van der Waals surface area contributed by atoms with Crippen LogP contribution >= 0.6 is 0 Å². The molecule has 2 rings (SSSR count). The van der Waals surface area contributed by atoms with Crippen molar-refractivity contribution in [2.45, 2.75) is 38.2 Å². The number of aliphatic hydroxyl groups is 1. The van der Waals surface area contributed by atoms with E-state index in [0.29, 0.717) is 13.2 Å². The topological polar surface area (TPSA) is 45.6 Å². The molecular weight excluding hydrogens is 228 g/mol. The third kappa shape index (κ3) is 2.93. The molecule has 0 aromatic carbocycles. The maximum Gasteiger partial charge on any atom is 0.171 e. The molecule has 1 heterocycles. The third-order valence-electron chi connectivity index (χ3n) is 3.48. The van der Waals surface area contributed by atoms with Crippen molar-refractivity contribution in [1.29, 1.82) is 0 Å². The van der Waals surface area contributed by atoms with Gasteiger partial charge in [-0.25, -0.2) is 4.98 Å². The smallest absolute Gasteiger partial charge is 0.171 e. The van der Waals surface area contributed by atoms with E-state index in [4.69, 9.17) is 4.74 Å². The Morgan fingerprint density at radius 2 is 2.17 bits per heavy atom. The van der Waals surface area contributed by atoms with Crippen molar-refractivity contribution in [2.24, 2.45) is 0 Å². The summed E-state index contributed by atoms with van der Waals surface area (Å²) in [5, 5.41) is 10.4. The Labute approximate surface area is 109 Å². The highest BCUT2D eigenvalue weighted by molar-refractivity contribution is 5.51. The lowest BCUT2D eigenvalue weighted by molar-refractivity contribution is 0.0557. The van der Waals surface area contributed by atoms with Crippen LogP contribution in [-0.4, -0.2) is 35.9 Å². The Kier molecular flexibility index (Phi) is 4.07. The number of likely N-dealkylation sites (N-methyl/N-ethyl adjacent to an activating group) is 1. The molecule has 1 saturated carbocycles. The average molecular weight is 250 g/mol. The van der Waals surface area contributed by atoms with Gasteiger partial charge in [-0.1, -0.05) is 12.8 Å². The number of anilines is 1. The molecule has 1 aliphatic rings. The van der Waals surface area contributed by atoms with Crippen molar-refractivity contribution < 1.29 is 9.84 Å². The fourth-order valence-electron chi connectivity index (χ4n) is 2.64. The quantitative estimate of drug-likeness (QED) is 0.870. The predicted molar refractivity (Wildman–Crippen MR) is 72.1 cm³/mol. The lowest BCUT2D eigenvalue weighted by Crippen LogP contribution is -2.39. The molecule has 1 aliphatic carbocycles. The average Bonchev–Trinajstić information content (AvgIpc) is 2.77. The second-order valence-corrected chi connectivity index (χ2v) is 5.05. The van der Waals surface area contributed by atoms with Crippen LogP contribution in [0.3, 0.4) is 0 Å². The molecule has 100 valence electrons. The van der Waals surface area contributed by atoms with E-state index in [1.165, 1.54) is 0 Å². The molecule has 0 saturated heterocycles. The van der Waals surface area contributed by atoms with E-state index in [1.807, 2.05) is 31.0 Å². The number of rotatable bonds is 5. The normalized spacial score (nSPS) is 17.7. The minimum Gasteiger partial charge on any atom is -0.490 e. The van der Waals surface area contributed by atoms with Crippen LogP contribution < -0.4 is 9.64 Å². The summed E-state index contributed by atoms with van der Waals surface area (Å²) < 4.78 is 5.57. The molecule has 0 bridgehead atoms. The van der Waals surface area contributed by atoms with Gasteiger partial charge in [-0.15, -0.1) is 0 Å². The summed E-state index contributed by atoms with van der Waals surface area (Å²) in [6.45, 7) is 3.20. The highest BCUT2D eigenvalue weighted by Gasteiger charge is 2.33. The van der Waals surface area contributed by atoms with Crippen LogP contribution in [0.2, 0.25) is 0 Å². The molecule has 0 aliphatic heterocycles. The molecule has 0 amide bonds. The summed E-state index contributed by atoms with van der Waals surface area (Å²) in [4.78, 5) is 6.36. The zero-order valence-electron chi connectivity index (χ0n) is 11.2. The van der Waals surface area contributed by atoms with Crippen LogP contribution in [0.15, 0.2) is 18.3 Å². The molecule has 4 nitrogen and oxygen atoms in total. The Hall–Kier alpha value is -1.29. The fraction of sp³-hybridized carbons (Fsp3) is 0.643. The van der Waals surface area contributed by atoms with E-state index >= 15 is 0 Å². The first-order valence-electron chi connectivity index (χ1n) is 6.66. The van der Waals surface area contributed by atoms with Gasteiger partial charge in [0, 0.05) is 19.8 Å². The minimum absolute atomic E-state index is 0.560. The van der Waals surface area contributed by atoms with Crippen molar-refractivity contribution in [2.75, 3.05) is 25.1 Å². The number of aromatic nitrogens is 1. The van der Waals surface area contributed by atoms with Crippen molar-refractivity contribution >= 4 is 5.82 Å². The standard InChI is InChI=1S/C14H22N2O2/c1-3-18-12-7-6-10-15-13(12)16(2)11-14(17)8-4-5-9-14/h6-7,10,17H,3-5,8-9,11H2,1-2H3. The molecular formula is C14H22N2O2. The molecule has 18 heavy (non-hydrogen) atoms. The SMILES string of the molecule is CCOc1cccnc1N(C)CC1(O)CCCC1. The zero-order chi connectivity index (χ0) is 13.0. The Balaban J connectivity index is 2.10. The molecule has 0 unspecified atom stereocenters. The molecule has 0 atom stereocenters. The van der Waals surface area contributed by atoms with Crippen LogP contribution in [0.1, 0.15) is 32.6 Å². The molecule has 1 fully saturated rings. The monoisotopic (exact) mass is 250 g/mol. The van der Waals surface area contributed by atoms with Gasteiger partial charge in [0.15, 0.2) is 11.6 Å². The van der Waals surface area contributed by atoms with Crippen LogP contribution in [0.5, 0.6) is 5.75 Å². The number of hydrogen-bond donors (Lipinski definition) is 1. The van der Waals surface area contributed by atoms with Gasteiger partial charge in [0.1, 0.15) is 0 Å². The predicted octanol–water partition coefficient (Wildman–Crippen LogP) is 2.22. The summed E-state index contributed by atoms with van der Waals surface area (Å²) in [6, 6.07) is 3.79. The molecule has 0 radical (unpaired) electrons. The van der Waals surface area contributed by atoms with Crippen LogP contribution in [0.25, 0.3) is 0 Å². The Morgan fingerprint density at radius 3 is 2.83 bits per heavy atom. The lowest BCUT2D eigenvalue weighted by Gasteiger charge is -2.30. The Morgan fingerprint density at radius 1 is 1.44 bits per heavy atom. The number of nitrogens with zero attached hydrogens (tertiary/aromatic N) is 2. The first-order chi connectivity index (χ1) is 8.64. The lowest BCUT2D eigenvalue weighted by atomic mass is 10.0. The zero-order valence-corrected chi connectivity index (χ0v) is 11.2. The Bertz CT molecular complexity index is 389. The van der Waals surface area contributed by atoms with Crippen molar-refractivity contribution in [1.82, 2.24) is 4.98 Å². The molecule has 1 N–H and O–H groups in total. The van der Waals surface area contributed by atoms with Gasteiger partial charge >= 0.3 is 0 Å². The highest BCUT2D eigenvalue weighted by atomic mass is 16.5. The van der Waals surface area contributed by atoms with E-state index in [1.54, 1.807) is 6.20 Å². The minimum atomic E-state index is -0.560. The highest BCUT2D eigenvalue weighted by Crippen LogP contribution is 2.32. The van der Waals surface area contributed by atoms with E-state index < -0.39 is 5.60 Å². The van der Waals surface area contributed by atoms with Gasteiger partial charge in [0.25, 0.3) is 0 Å². The maximum absolute atomic E-state index is 10.4. The van der Waals surface area contributed by atoms with Crippen molar-refractivity contribution in [3.8, 4) is 5.75 Å². The number of pyridine rings is 1. The number of hydrogen-bond acceptors (Lipinski definition) is 4. The van der Waals surface area contributed by atoms with Gasteiger partial charge in [-0.3, -0.25) is 0 Å². The summed E-state index contributed by atoms with van der Waals surface area (Å²) in [6.07, 6.45) is 5.76.